The van der Waals surface area contributed by atoms with Crippen LogP contribution < -0.4 is 11.1 Å². The number of carbonyl (C=O) groups excluding carboxylic acids is 2. The third-order valence-electron chi connectivity index (χ3n) is 1.84. The first kappa shape index (κ1) is 12.6. The van der Waals surface area contributed by atoms with E-state index in [-0.39, 0.29) is 18.5 Å². The summed E-state index contributed by atoms with van der Waals surface area (Å²) in [5.74, 6) is -1.45. The number of benzene rings is 1. The quantitative estimate of drug-likeness (QED) is 0.874. The predicted octanol–water partition coefficient (Wildman–Crippen LogP) is 1.19. The first-order valence-electron chi connectivity index (χ1n) is 4.52. The van der Waals surface area contributed by atoms with Gasteiger partial charge in [0.15, 0.2) is 0 Å². The van der Waals surface area contributed by atoms with Gasteiger partial charge in [0, 0.05) is 18.5 Å². The van der Waals surface area contributed by atoms with Crippen LogP contribution in [0.25, 0.3) is 0 Å². The molecular weight excluding hydrogens is 279 g/mol. The van der Waals surface area contributed by atoms with Crippen molar-refractivity contribution in [3.63, 3.8) is 0 Å². The van der Waals surface area contributed by atoms with Crippen molar-refractivity contribution in [1.82, 2.24) is 5.32 Å². The average molecular weight is 289 g/mol. The molecular formula is C10H10BrFN2O2. The highest BCUT2D eigenvalue weighted by Gasteiger charge is 2.08. The zero-order valence-electron chi connectivity index (χ0n) is 8.30. The molecule has 4 nitrogen and oxygen atoms in total. The van der Waals surface area contributed by atoms with E-state index in [1.165, 1.54) is 12.1 Å². The van der Waals surface area contributed by atoms with Crippen LogP contribution in [0.2, 0.25) is 0 Å². The number of rotatable bonds is 4. The van der Waals surface area contributed by atoms with Crippen LogP contribution in [0.4, 0.5) is 4.39 Å². The highest BCUT2D eigenvalue weighted by Crippen LogP contribution is 2.16. The second-order valence-electron chi connectivity index (χ2n) is 3.10. The molecule has 0 saturated heterocycles. The first-order valence-corrected chi connectivity index (χ1v) is 5.31. The van der Waals surface area contributed by atoms with E-state index in [1.54, 1.807) is 0 Å². The molecule has 0 unspecified atom stereocenters. The summed E-state index contributed by atoms with van der Waals surface area (Å²) in [6.45, 7) is 0.145. The maximum atomic E-state index is 13.1. The van der Waals surface area contributed by atoms with Crippen LogP contribution in [0, 0.1) is 5.82 Å². The van der Waals surface area contributed by atoms with Crippen molar-refractivity contribution in [3.8, 4) is 0 Å². The molecule has 0 aliphatic heterocycles. The van der Waals surface area contributed by atoms with Gasteiger partial charge in [0.1, 0.15) is 5.82 Å². The minimum atomic E-state index is -0.512. The molecule has 16 heavy (non-hydrogen) atoms. The van der Waals surface area contributed by atoms with Crippen LogP contribution in [0.15, 0.2) is 22.7 Å². The second kappa shape index (κ2) is 5.60. The summed E-state index contributed by atoms with van der Waals surface area (Å²) in [5, 5.41) is 2.46. The van der Waals surface area contributed by atoms with Crippen molar-refractivity contribution in [2.45, 2.75) is 6.42 Å². The SMILES string of the molecule is NC(=O)CCNC(=O)c1ccc(Br)c(F)c1. The van der Waals surface area contributed by atoms with E-state index in [2.05, 4.69) is 21.2 Å². The second-order valence-corrected chi connectivity index (χ2v) is 3.96. The molecule has 1 aromatic rings. The Morgan fingerprint density at radius 1 is 1.44 bits per heavy atom. The Hall–Kier alpha value is -1.43. The third kappa shape index (κ3) is 3.62. The fourth-order valence-electron chi connectivity index (χ4n) is 1.04. The highest BCUT2D eigenvalue weighted by molar-refractivity contribution is 9.10. The van der Waals surface area contributed by atoms with E-state index in [0.29, 0.717) is 4.47 Å². The zero-order valence-corrected chi connectivity index (χ0v) is 9.88. The predicted molar refractivity (Wildman–Crippen MR) is 60.2 cm³/mol. The summed E-state index contributed by atoms with van der Waals surface area (Å²) in [7, 11) is 0. The van der Waals surface area contributed by atoms with Gasteiger partial charge in [-0.2, -0.15) is 0 Å². The molecule has 0 aliphatic carbocycles. The van der Waals surface area contributed by atoms with Crippen LogP contribution in [0.5, 0.6) is 0 Å². The van der Waals surface area contributed by atoms with Gasteiger partial charge in [-0.1, -0.05) is 0 Å². The fraction of sp³-hybridized carbons (Fsp3) is 0.200. The summed E-state index contributed by atoms with van der Waals surface area (Å²) in [4.78, 5) is 21.9. The number of nitrogens with one attached hydrogen (secondary N) is 1. The molecule has 0 atom stereocenters. The Balaban J connectivity index is 2.59. The van der Waals surface area contributed by atoms with E-state index in [9.17, 15) is 14.0 Å². The topological polar surface area (TPSA) is 72.2 Å². The van der Waals surface area contributed by atoms with E-state index in [0.717, 1.165) is 6.07 Å². The van der Waals surface area contributed by atoms with Gasteiger partial charge in [0.25, 0.3) is 5.91 Å². The number of carbonyl (C=O) groups is 2. The lowest BCUT2D eigenvalue weighted by Crippen LogP contribution is -2.27. The van der Waals surface area contributed by atoms with Crippen molar-refractivity contribution in [2.75, 3.05) is 6.54 Å². The summed E-state index contributed by atoms with van der Waals surface area (Å²) < 4.78 is 13.4. The van der Waals surface area contributed by atoms with E-state index in [4.69, 9.17) is 5.73 Å². The molecule has 0 radical (unpaired) electrons. The highest BCUT2D eigenvalue weighted by atomic mass is 79.9. The summed E-state index contributed by atoms with van der Waals surface area (Å²) in [6, 6.07) is 4.04. The first-order chi connectivity index (χ1) is 7.50. The molecule has 6 heteroatoms. The lowest BCUT2D eigenvalue weighted by Gasteiger charge is -2.04. The molecule has 0 aromatic heterocycles. The molecule has 0 fully saturated rings. The average Bonchev–Trinajstić information content (AvgIpc) is 2.21. The summed E-state index contributed by atoms with van der Waals surface area (Å²) in [5.41, 5.74) is 5.10. The van der Waals surface area contributed by atoms with Gasteiger partial charge in [-0.05, 0) is 34.1 Å². The Morgan fingerprint density at radius 3 is 2.69 bits per heavy atom. The Morgan fingerprint density at radius 2 is 2.12 bits per heavy atom. The van der Waals surface area contributed by atoms with Crippen LogP contribution in [0.3, 0.4) is 0 Å². The fourth-order valence-corrected chi connectivity index (χ4v) is 1.29. The smallest absolute Gasteiger partial charge is 0.251 e. The maximum absolute atomic E-state index is 13.1. The number of nitrogens with two attached hydrogens (primary N) is 1. The molecule has 0 saturated carbocycles. The van der Waals surface area contributed by atoms with E-state index in [1.807, 2.05) is 0 Å². The van der Waals surface area contributed by atoms with Crippen LogP contribution in [0.1, 0.15) is 16.8 Å². The Kier molecular flexibility index (Phi) is 4.42. The molecule has 0 aliphatic rings. The molecule has 1 rings (SSSR count). The van der Waals surface area contributed by atoms with Crippen molar-refractivity contribution in [2.24, 2.45) is 5.73 Å². The molecule has 1 aromatic carbocycles. The lowest BCUT2D eigenvalue weighted by atomic mass is 10.2. The van der Waals surface area contributed by atoms with E-state index < -0.39 is 17.6 Å². The Bertz CT molecular complexity index is 423. The monoisotopic (exact) mass is 288 g/mol. The van der Waals surface area contributed by atoms with Gasteiger partial charge >= 0.3 is 0 Å². The van der Waals surface area contributed by atoms with Crippen molar-refractivity contribution in [3.05, 3.63) is 34.1 Å². The molecule has 0 spiro atoms. The lowest BCUT2D eigenvalue weighted by molar-refractivity contribution is -0.117. The molecule has 0 bridgehead atoms. The molecule has 2 amide bonds. The standard InChI is InChI=1S/C10H10BrFN2O2/c11-7-2-1-6(5-8(7)12)10(16)14-4-3-9(13)15/h1-2,5H,3-4H2,(H2,13,15)(H,14,16). The molecule has 86 valence electrons. The minimum absolute atomic E-state index is 0.0603. The normalized spacial score (nSPS) is 9.88. The molecule has 0 heterocycles. The van der Waals surface area contributed by atoms with Crippen LogP contribution in [-0.4, -0.2) is 18.4 Å². The number of hydrogen-bond donors (Lipinski definition) is 2. The molecule has 3 N–H and O–H groups in total. The largest absolute Gasteiger partial charge is 0.370 e. The maximum Gasteiger partial charge on any atom is 0.251 e. The summed E-state index contributed by atoms with van der Waals surface area (Å²) in [6.07, 6.45) is 0.0603. The number of hydrogen-bond acceptors (Lipinski definition) is 2. The van der Waals surface area contributed by atoms with Crippen LogP contribution in [-0.2, 0) is 4.79 Å². The van der Waals surface area contributed by atoms with Crippen molar-refractivity contribution in [1.29, 1.82) is 0 Å². The van der Waals surface area contributed by atoms with E-state index >= 15 is 0 Å². The van der Waals surface area contributed by atoms with Gasteiger partial charge in [0.05, 0.1) is 4.47 Å². The zero-order chi connectivity index (χ0) is 12.1. The van der Waals surface area contributed by atoms with Gasteiger partial charge in [-0.15, -0.1) is 0 Å². The minimum Gasteiger partial charge on any atom is -0.370 e. The number of amides is 2. The Labute approximate surface area is 100 Å². The van der Waals surface area contributed by atoms with Gasteiger partial charge < -0.3 is 11.1 Å². The number of halogens is 2. The summed E-state index contributed by atoms with van der Waals surface area (Å²) >= 11 is 2.98. The van der Waals surface area contributed by atoms with Crippen molar-refractivity contribution < 1.29 is 14.0 Å². The van der Waals surface area contributed by atoms with Gasteiger partial charge in [-0.25, -0.2) is 4.39 Å². The van der Waals surface area contributed by atoms with Gasteiger partial charge in [0.2, 0.25) is 5.91 Å². The third-order valence-corrected chi connectivity index (χ3v) is 2.48. The van der Waals surface area contributed by atoms with Crippen LogP contribution >= 0.6 is 15.9 Å². The van der Waals surface area contributed by atoms with Crippen molar-refractivity contribution >= 4 is 27.7 Å². The van der Waals surface area contributed by atoms with Gasteiger partial charge in [-0.3, -0.25) is 9.59 Å². The number of primary amides is 1.